The van der Waals surface area contributed by atoms with E-state index in [4.69, 9.17) is 0 Å². The minimum atomic E-state index is -3.71. The minimum absolute atomic E-state index is 0.172. The Labute approximate surface area is 172 Å². The fraction of sp³-hybridized carbons (Fsp3) is 0.318. The smallest absolute Gasteiger partial charge is 0.264 e. The maximum Gasteiger partial charge on any atom is 0.264 e. The topological polar surface area (TPSA) is 58.4 Å². The van der Waals surface area contributed by atoms with Crippen LogP contribution < -0.4 is 9.21 Å². The van der Waals surface area contributed by atoms with E-state index < -0.39 is 10.0 Å². The number of hydrogen-bond donors (Lipinski definition) is 0. The van der Waals surface area contributed by atoms with Gasteiger partial charge in [-0.2, -0.15) is 0 Å². The van der Waals surface area contributed by atoms with Crippen LogP contribution in [-0.2, 0) is 10.0 Å². The van der Waals surface area contributed by atoms with E-state index in [-0.39, 0.29) is 6.04 Å². The van der Waals surface area contributed by atoms with E-state index in [0.717, 1.165) is 33.9 Å². The van der Waals surface area contributed by atoms with Gasteiger partial charge >= 0.3 is 0 Å². The van der Waals surface area contributed by atoms with Gasteiger partial charge in [-0.3, -0.25) is 4.31 Å². The highest BCUT2D eigenvalue weighted by molar-refractivity contribution is 7.93. The molecule has 0 saturated heterocycles. The van der Waals surface area contributed by atoms with Gasteiger partial charge in [0.1, 0.15) is 0 Å². The Morgan fingerprint density at radius 2 is 1.83 bits per heavy atom. The molecular formula is C22H26N4O2S. The van der Waals surface area contributed by atoms with Crippen molar-refractivity contribution in [3.05, 3.63) is 65.7 Å². The van der Waals surface area contributed by atoms with Gasteiger partial charge in [0.25, 0.3) is 10.0 Å². The number of nitrogens with zero attached hydrogens (tertiary/aromatic N) is 4. The van der Waals surface area contributed by atoms with Gasteiger partial charge < -0.3 is 9.47 Å². The summed E-state index contributed by atoms with van der Waals surface area (Å²) in [5, 5.41) is 0. The molecule has 0 spiro atoms. The fourth-order valence-corrected chi connectivity index (χ4v) is 6.07. The first-order chi connectivity index (χ1) is 13.7. The monoisotopic (exact) mass is 410 g/mol. The summed E-state index contributed by atoms with van der Waals surface area (Å²) in [5.74, 6) is 0. The van der Waals surface area contributed by atoms with Crippen molar-refractivity contribution < 1.29 is 8.42 Å². The molecule has 29 heavy (non-hydrogen) atoms. The summed E-state index contributed by atoms with van der Waals surface area (Å²) in [6.07, 6.45) is 3.66. The number of anilines is 2. The van der Waals surface area contributed by atoms with Crippen LogP contribution in [0.3, 0.4) is 0 Å². The summed E-state index contributed by atoms with van der Waals surface area (Å²) >= 11 is 0. The molecule has 0 unspecified atom stereocenters. The van der Waals surface area contributed by atoms with Crippen LogP contribution in [0.15, 0.2) is 53.8 Å². The first kappa shape index (κ1) is 19.5. The third-order valence-electron chi connectivity index (χ3n) is 5.49. The third-order valence-corrected chi connectivity index (χ3v) is 7.57. The molecular weight excluding hydrogens is 384 g/mol. The SMILES string of the molecule is Cc1cn(-c2ccc(S(=O)(=O)N3c4c(C)cccc4N(C)C[C@@H]3C)c(C)c2)cn1. The maximum atomic E-state index is 13.8. The molecule has 0 fully saturated rings. The van der Waals surface area contributed by atoms with Gasteiger partial charge in [-0.1, -0.05) is 12.1 Å². The largest absolute Gasteiger partial charge is 0.371 e. The zero-order valence-electron chi connectivity index (χ0n) is 17.4. The lowest BCUT2D eigenvalue weighted by Crippen LogP contribution is -2.49. The number of fused-ring (bicyclic) bond motifs is 1. The van der Waals surface area contributed by atoms with Crippen molar-refractivity contribution in [3.8, 4) is 5.69 Å². The van der Waals surface area contributed by atoms with Gasteiger partial charge in [-0.15, -0.1) is 0 Å². The van der Waals surface area contributed by atoms with E-state index >= 15 is 0 Å². The van der Waals surface area contributed by atoms with Crippen LogP contribution in [0.4, 0.5) is 11.4 Å². The van der Waals surface area contributed by atoms with Gasteiger partial charge in [0.15, 0.2) is 0 Å². The second kappa shape index (κ2) is 6.91. The number of sulfonamides is 1. The summed E-state index contributed by atoms with van der Waals surface area (Å²) in [4.78, 5) is 6.71. The van der Waals surface area contributed by atoms with Crippen molar-refractivity contribution in [2.75, 3.05) is 22.8 Å². The summed E-state index contributed by atoms with van der Waals surface area (Å²) in [7, 11) is -1.71. The van der Waals surface area contributed by atoms with Crippen molar-refractivity contribution in [1.29, 1.82) is 0 Å². The Bertz CT molecular complexity index is 1180. The second-order valence-electron chi connectivity index (χ2n) is 7.85. The molecule has 0 radical (unpaired) electrons. The Morgan fingerprint density at radius 1 is 1.07 bits per heavy atom. The molecule has 1 aliphatic rings. The van der Waals surface area contributed by atoms with E-state index in [1.807, 2.05) is 75.8 Å². The number of imidazole rings is 1. The number of aryl methyl sites for hydroxylation is 3. The van der Waals surface area contributed by atoms with Gasteiger partial charge in [-0.05, 0) is 63.1 Å². The van der Waals surface area contributed by atoms with Crippen LogP contribution in [0, 0.1) is 20.8 Å². The lowest BCUT2D eigenvalue weighted by atomic mass is 10.1. The summed E-state index contributed by atoms with van der Waals surface area (Å²) in [6, 6.07) is 11.2. The Hall–Kier alpha value is -2.80. The van der Waals surface area contributed by atoms with Crippen LogP contribution in [0.2, 0.25) is 0 Å². The normalized spacial score (nSPS) is 16.8. The number of aromatic nitrogens is 2. The molecule has 6 nitrogen and oxygen atoms in total. The molecule has 0 N–H and O–H groups in total. The molecule has 0 bridgehead atoms. The number of likely N-dealkylation sites (N-methyl/N-ethyl adjacent to an activating group) is 1. The van der Waals surface area contributed by atoms with E-state index in [1.54, 1.807) is 16.7 Å². The average molecular weight is 411 g/mol. The Morgan fingerprint density at radius 3 is 2.48 bits per heavy atom. The molecule has 0 saturated carbocycles. The molecule has 1 aromatic heterocycles. The number of para-hydroxylation sites is 1. The third kappa shape index (κ3) is 3.19. The van der Waals surface area contributed by atoms with Crippen LogP contribution in [0.5, 0.6) is 0 Å². The molecule has 0 aliphatic carbocycles. The van der Waals surface area contributed by atoms with E-state index in [0.29, 0.717) is 11.4 Å². The van der Waals surface area contributed by atoms with Crippen LogP contribution >= 0.6 is 0 Å². The van der Waals surface area contributed by atoms with Crippen molar-refractivity contribution in [2.24, 2.45) is 0 Å². The van der Waals surface area contributed by atoms with Gasteiger partial charge in [0.05, 0.1) is 34.3 Å². The molecule has 2 aromatic carbocycles. The summed E-state index contributed by atoms with van der Waals surface area (Å²) in [5.41, 5.74) is 5.18. The quantitative estimate of drug-likeness (QED) is 0.658. The second-order valence-corrected chi connectivity index (χ2v) is 9.63. The lowest BCUT2D eigenvalue weighted by Gasteiger charge is -2.42. The Balaban J connectivity index is 1.83. The van der Waals surface area contributed by atoms with E-state index in [1.165, 1.54) is 0 Å². The van der Waals surface area contributed by atoms with Gasteiger partial charge in [0, 0.05) is 25.5 Å². The van der Waals surface area contributed by atoms with Crippen LogP contribution in [0.1, 0.15) is 23.7 Å². The molecule has 0 amide bonds. The number of hydrogen-bond acceptors (Lipinski definition) is 4. The van der Waals surface area contributed by atoms with Crippen molar-refractivity contribution in [2.45, 2.75) is 38.6 Å². The first-order valence-corrected chi connectivity index (χ1v) is 11.1. The molecule has 7 heteroatoms. The molecule has 2 heterocycles. The molecule has 1 atom stereocenters. The first-order valence-electron chi connectivity index (χ1n) is 9.67. The Kier molecular flexibility index (Phi) is 4.65. The van der Waals surface area contributed by atoms with Crippen molar-refractivity contribution in [3.63, 3.8) is 0 Å². The summed E-state index contributed by atoms with van der Waals surface area (Å²) in [6.45, 7) is 8.34. The van der Waals surface area contributed by atoms with Crippen molar-refractivity contribution >= 4 is 21.4 Å². The predicted molar refractivity (Wildman–Crippen MR) is 117 cm³/mol. The predicted octanol–water partition coefficient (Wildman–Crippen LogP) is 3.83. The molecule has 3 aromatic rings. The summed E-state index contributed by atoms with van der Waals surface area (Å²) < 4.78 is 31.1. The highest BCUT2D eigenvalue weighted by Crippen LogP contribution is 2.41. The molecule has 152 valence electrons. The molecule has 1 aliphatic heterocycles. The average Bonchev–Trinajstić information content (AvgIpc) is 3.08. The minimum Gasteiger partial charge on any atom is -0.371 e. The highest BCUT2D eigenvalue weighted by atomic mass is 32.2. The van der Waals surface area contributed by atoms with Crippen molar-refractivity contribution in [1.82, 2.24) is 9.55 Å². The lowest BCUT2D eigenvalue weighted by molar-refractivity contribution is 0.574. The van der Waals surface area contributed by atoms with Crippen LogP contribution in [-0.4, -0.2) is 37.6 Å². The van der Waals surface area contributed by atoms with E-state index in [9.17, 15) is 8.42 Å². The molecule has 4 rings (SSSR count). The van der Waals surface area contributed by atoms with Gasteiger partial charge in [-0.25, -0.2) is 13.4 Å². The maximum absolute atomic E-state index is 13.8. The van der Waals surface area contributed by atoms with E-state index in [2.05, 4.69) is 9.88 Å². The standard InChI is InChI=1S/C22H26N4O2S/c1-15-7-6-8-20-22(15)26(18(4)13-24(20)5)29(27,28)21-10-9-19(11-16(21)2)25-12-17(3)23-14-25/h6-12,14,18H,13H2,1-5H3/t18-/m0/s1. The number of benzene rings is 2. The zero-order chi connectivity index (χ0) is 20.9. The van der Waals surface area contributed by atoms with Crippen LogP contribution in [0.25, 0.3) is 5.69 Å². The van der Waals surface area contributed by atoms with Gasteiger partial charge in [0.2, 0.25) is 0 Å². The fourth-order valence-electron chi connectivity index (χ4n) is 4.14. The highest BCUT2D eigenvalue weighted by Gasteiger charge is 2.37. The zero-order valence-corrected chi connectivity index (χ0v) is 18.2. The number of rotatable bonds is 3.